The Kier molecular flexibility index (Phi) is 7.47. The Morgan fingerprint density at radius 2 is 1.64 bits per heavy atom. The molecule has 0 bridgehead atoms. The summed E-state index contributed by atoms with van der Waals surface area (Å²) < 4.78 is 10.5. The van der Waals surface area contributed by atoms with Gasteiger partial charge in [-0.1, -0.05) is 18.2 Å². The van der Waals surface area contributed by atoms with Crippen LogP contribution in [0.3, 0.4) is 0 Å². The van der Waals surface area contributed by atoms with Crippen molar-refractivity contribution >= 4 is 29.3 Å². The van der Waals surface area contributed by atoms with Crippen molar-refractivity contribution in [2.24, 2.45) is 0 Å². The SMILES string of the molecule is Cc1cc(SC#N)cc(C)c1NC(=O)COC(=O)COc1c(C)cccc1C. The highest BCUT2D eigenvalue weighted by molar-refractivity contribution is 8.03. The number of carbonyl (C=O) groups is 2. The summed E-state index contributed by atoms with van der Waals surface area (Å²) in [5.74, 6) is -0.412. The number of para-hydroxylation sites is 1. The molecule has 0 aromatic heterocycles. The highest BCUT2D eigenvalue weighted by Gasteiger charge is 2.13. The minimum absolute atomic E-state index is 0.267. The molecule has 1 amide bonds. The lowest BCUT2D eigenvalue weighted by atomic mass is 10.1. The van der Waals surface area contributed by atoms with Crippen LogP contribution in [0.25, 0.3) is 0 Å². The second-order valence-electron chi connectivity index (χ2n) is 6.34. The van der Waals surface area contributed by atoms with Gasteiger partial charge in [0.1, 0.15) is 11.2 Å². The summed E-state index contributed by atoms with van der Waals surface area (Å²) in [6.07, 6.45) is 0. The molecular formula is C21H22N2O4S. The van der Waals surface area contributed by atoms with Crippen LogP contribution in [0.15, 0.2) is 35.2 Å². The van der Waals surface area contributed by atoms with Gasteiger partial charge in [0, 0.05) is 10.6 Å². The number of hydrogen-bond acceptors (Lipinski definition) is 6. The first kappa shape index (κ1) is 21.3. The Bertz CT molecular complexity index is 891. The van der Waals surface area contributed by atoms with E-state index in [9.17, 15) is 9.59 Å². The Labute approximate surface area is 168 Å². The number of carbonyl (C=O) groups excluding carboxylic acids is 2. The second-order valence-corrected chi connectivity index (χ2v) is 7.20. The van der Waals surface area contributed by atoms with Crippen LogP contribution < -0.4 is 10.1 Å². The van der Waals surface area contributed by atoms with Crippen molar-refractivity contribution in [1.82, 2.24) is 0 Å². The lowest BCUT2D eigenvalue weighted by Gasteiger charge is -2.14. The zero-order valence-corrected chi connectivity index (χ0v) is 17.1. The third kappa shape index (κ3) is 5.76. The van der Waals surface area contributed by atoms with Gasteiger partial charge in [0.15, 0.2) is 13.2 Å². The van der Waals surface area contributed by atoms with E-state index >= 15 is 0 Å². The zero-order valence-electron chi connectivity index (χ0n) is 16.3. The molecule has 0 fully saturated rings. The van der Waals surface area contributed by atoms with E-state index in [1.807, 2.05) is 63.4 Å². The van der Waals surface area contributed by atoms with Crippen LogP contribution in [0.5, 0.6) is 5.75 Å². The van der Waals surface area contributed by atoms with Gasteiger partial charge >= 0.3 is 5.97 Å². The highest BCUT2D eigenvalue weighted by Crippen LogP contribution is 2.27. The zero-order chi connectivity index (χ0) is 20.7. The normalized spacial score (nSPS) is 10.1. The molecule has 2 rings (SSSR count). The fourth-order valence-electron chi connectivity index (χ4n) is 2.75. The molecule has 7 heteroatoms. The molecule has 0 radical (unpaired) electrons. The van der Waals surface area contributed by atoms with Gasteiger partial charge in [0.05, 0.1) is 0 Å². The molecule has 0 saturated heterocycles. The van der Waals surface area contributed by atoms with Crippen LogP contribution in [-0.2, 0) is 14.3 Å². The molecule has 0 heterocycles. The molecular weight excluding hydrogens is 376 g/mol. The fourth-order valence-corrected chi connectivity index (χ4v) is 3.33. The number of amides is 1. The van der Waals surface area contributed by atoms with Crippen molar-refractivity contribution in [1.29, 1.82) is 5.26 Å². The van der Waals surface area contributed by atoms with Crippen LogP contribution in [0.1, 0.15) is 22.3 Å². The second kappa shape index (κ2) is 9.81. The van der Waals surface area contributed by atoms with Crippen LogP contribution in [0, 0.1) is 38.4 Å². The first-order valence-electron chi connectivity index (χ1n) is 8.63. The number of nitrogens with zero attached hydrogens (tertiary/aromatic N) is 1. The first-order chi connectivity index (χ1) is 13.3. The summed E-state index contributed by atoms with van der Waals surface area (Å²) in [6.45, 7) is 6.81. The maximum absolute atomic E-state index is 12.1. The summed E-state index contributed by atoms with van der Waals surface area (Å²) in [7, 11) is 0. The van der Waals surface area contributed by atoms with E-state index in [1.165, 1.54) is 0 Å². The molecule has 0 saturated carbocycles. The lowest BCUT2D eigenvalue weighted by molar-refractivity contribution is -0.149. The standard InChI is InChI=1S/C21H22N2O4S/c1-13-6-5-7-14(2)21(13)27-11-19(25)26-10-18(24)23-20-15(3)8-17(28-12-22)9-16(20)4/h5-9H,10-11H2,1-4H3,(H,23,24). The number of ether oxygens (including phenoxy) is 2. The van der Waals surface area contributed by atoms with E-state index in [-0.39, 0.29) is 6.61 Å². The molecule has 2 aromatic carbocycles. The Hall–Kier alpha value is -2.98. The van der Waals surface area contributed by atoms with Crippen molar-refractivity contribution in [3.8, 4) is 11.2 Å². The van der Waals surface area contributed by atoms with Gasteiger partial charge in [-0.3, -0.25) is 4.79 Å². The topological polar surface area (TPSA) is 88.4 Å². The summed E-state index contributed by atoms with van der Waals surface area (Å²) in [6, 6.07) is 9.34. The van der Waals surface area contributed by atoms with Gasteiger partial charge in [-0.05, 0) is 73.8 Å². The van der Waals surface area contributed by atoms with E-state index in [2.05, 4.69) is 5.32 Å². The number of anilines is 1. The molecule has 0 aliphatic carbocycles. The predicted octanol–water partition coefficient (Wildman–Crippen LogP) is 4.05. The predicted molar refractivity (Wildman–Crippen MR) is 108 cm³/mol. The third-order valence-corrected chi connectivity index (χ3v) is 4.60. The largest absolute Gasteiger partial charge is 0.481 e. The van der Waals surface area contributed by atoms with Crippen molar-refractivity contribution in [2.45, 2.75) is 32.6 Å². The maximum atomic E-state index is 12.1. The van der Waals surface area contributed by atoms with Crippen LogP contribution in [-0.4, -0.2) is 25.1 Å². The minimum Gasteiger partial charge on any atom is -0.481 e. The Balaban J connectivity index is 1.87. The van der Waals surface area contributed by atoms with Gasteiger partial charge in [-0.25, -0.2) is 4.79 Å². The van der Waals surface area contributed by atoms with Gasteiger partial charge in [-0.15, -0.1) is 0 Å². The van der Waals surface area contributed by atoms with E-state index in [0.29, 0.717) is 11.4 Å². The molecule has 1 N–H and O–H groups in total. The third-order valence-electron chi connectivity index (χ3n) is 4.04. The molecule has 146 valence electrons. The van der Waals surface area contributed by atoms with Gasteiger partial charge in [-0.2, -0.15) is 5.26 Å². The van der Waals surface area contributed by atoms with Crippen molar-refractivity contribution < 1.29 is 19.1 Å². The maximum Gasteiger partial charge on any atom is 0.344 e. The molecule has 28 heavy (non-hydrogen) atoms. The Morgan fingerprint density at radius 3 is 2.21 bits per heavy atom. The van der Waals surface area contributed by atoms with E-state index in [1.54, 1.807) is 0 Å². The number of thioether (sulfide) groups is 1. The minimum atomic E-state index is -0.619. The average Bonchev–Trinajstić information content (AvgIpc) is 2.63. The molecule has 6 nitrogen and oxygen atoms in total. The number of esters is 1. The summed E-state index contributed by atoms with van der Waals surface area (Å²) in [5.41, 5.74) is 4.16. The van der Waals surface area contributed by atoms with Gasteiger partial charge in [0.2, 0.25) is 0 Å². The van der Waals surface area contributed by atoms with Gasteiger partial charge in [0.25, 0.3) is 5.91 Å². The van der Waals surface area contributed by atoms with Gasteiger partial charge < -0.3 is 14.8 Å². The van der Waals surface area contributed by atoms with Crippen molar-refractivity contribution in [3.05, 3.63) is 52.6 Å². The number of thiocyanates is 1. The van der Waals surface area contributed by atoms with Crippen LogP contribution >= 0.6 is 11.8 Å². The number of nitrogens with one attached hydrogen (secondary N) is 1. The summed E-state index contributed by atoms with van der Waals surface area (Å²) >= 11 is 1.06. The Morgan fingerprint density at radius 1 is 1.04 bits per heavy atom. The summed E-state index contributed by atoms with van der Waals surface area (Å²) in [4.78, 5) is 24.8. The first-order valence-corrected chi connectivity index (χ1v) is 9.45. The molecule has 0 spiro atoms. The highest BCUT2D eigenvalue weighted by atomic mass is 32.2. The fraction of sp³-hybridized carbons (Fsp3) is 0.286. The van der Waals surface area contributed by atoms with E-state index in [0.717, 1.165) is 38.9 Å². The number of hydrogen-bond donors (Lipinski definition) is 1. The van der Waals surface area contributed by atoms with E-state index < -0.39 is 18.5 Å². The number of aryl methyl sites for hydroxylation is 4. The quantitative estimate of drug-likeness (QED) is 0.430. The van der Waals surface area contributed by atoms with Crippen LogP contribution in [0.4, 0.5) is 5.69 Å². The smallest absolute Gasteiger partial charge is 0.344 e. The molecule has 0 unspecified atom stereocenters. The summed E-state index contributed by atoms with van der Waals surface area (Å²) in [5, 5.41) is 13.5. The number of nitriles is 1. The van der Waals surface area contributed by atoms with Crippen LogP contribution in [0.2, 0.25) is 0 Å². The van der Waals surface area contributed by atoms with Crippen molar-refractivity contribution in [2.75, 3.05) is 18.5 Å². The molecule has 2 aromatic rings. The molecule has 0 aliphatic heterocycles. The average molecular weight is 398 g/mol. The lowest BCUT2D eigenvalue weighted by Crippen LogP contribution is -2.24. The van der Waals surface area contributed by atoms with E-state index in [4.69, 9.17) is 14.7 Å². The number of rotatable bonds is 7. The van der Waals surface area contributed by atoms with Crippen molar-refractivity contribution in [3.63, 3.8) is 0 Å². The molecule has 0 aliphatic rings. The monoisotopic (exact) mass is 398 g/mol. The number of benzene rings is 2. The molecule has 0 atom stereocenters.